The summed E-state index contributed by atoms with van der Waals surface area (Å²) < 4.78 is 11.7. The number of fused-ring (bicyclic) bond motifs is 1. The molecule has 0 fully saturated rings. The van der Waals surface area contributed by atoms with E-state index in [-0.39, 0.29) is 6.04 Å². The molecule has 136 valence electrons. The molecule has 0 aliphatic carbocycles. The fourth-order valence-electron chi connectivity index (χ4n) is 3.31. The van der Waals surface area contributed by atoms with Gasteiger partial charge in [0.2, 0.25) is 0 Å². The van der Waals surface area contributed by atoms with E-state index in [0.717, 1.165) is 37.4 Å². The average Bonchev–Trinajstić information content (AvgIpc) is 3.03. The summed E-state index contributed by atoms with van der Waals surface area (Å²) >= 11 is 1.82. The summed E-state index contributed by atoms with van der Waals surface area (Å²) in [6, 6.07) is 6.78. The van der Waals surface area contributed by atoms with Gasteiger partial charge in [0.15, 0.2) is 11.5 Å². The number of benzene rings is 1. The summed E-state index contributed by atoms with van der Waals surface area (Å²) in [5, 5.41) is 5.84. The van der Waals surface area contributed by atoms with Gasteiger partial charge in [-0.1, -0.05) is 0 Å². The molecule has 1 aromatic heterocycles. The Hall–Kier alpha value is -1.56. The van der Waals surface area contributed by atoms with Crippen molar-refractivity contribution in [3.8, 4) is 11.5 Å². The summed E-state index contributed by atoms with van der Waals surface area (Å²) in [6.07, 6.45) is 2.02. The van der Waals surface area contributed by atoms with Gasteiger partial charge < -0.3 is 19.7 Å². The molecule has 1 N–H and O–H groups in total. The summed E-state index contributed by atoms with van der Waals surface area (Å²) in [7, 11) is 5.88. The predicted octanol–water partition coefficient (Wildman–Crippen LogP) is 3.63. The number of aryl methyl sites for hydroxylation is 1. The van der Waals surface area contributed by atoms with Crippen molar-refractivity contribution in [1.29, 1.82) is 0 Å². The Morgan fingerprint density at radius 3 is 2.80 bits per heavy atom. The molecule has 1 aromatic carbocycles. The highest BCUT2D eigenvalue weighted by Crippen LogP contribution is 2.39. The molecule has 25 heavy (non-hydrogen) atoms. The lowest BCUT2D eigenvalue weighted by Gasteiger charge is -2.28. The Kier molecular flexibility index (Phi) is 5.99. The highest BCUT2D eigenvalue weighted by Gasteiger charge is 2.25. The van der Waals surface area contributed by atoms with Gasteiger partial charge in [0.25, 0.3) is 0 Å². The Bertz CT molecular complexity index is 712. The second-order valence-electron chi connectivity index (χ2n) is 6.81. The Balaban J connectivity index is 1.86. The predicted molar refractivity (Wildman–Crippen MR) is 104 cm³/mol. The molecule has 1 aliphatic heterocycles. The van der Waals surface area contributed by atoms with E-state index < -0.39 is 0 Å². The minimum absolute atomic E-state index is 0.249. The molecule has 5 heteroatoms. The number of nitrogens with one attached hydrogen (secondary N) is 1. The first-order valence-electron chi connectivity index (χ1n) is 8.86. The number of thiophene rings is 1. The van der Waals surface area contributed by atoms with Crippen molar-refractivity contribution in [3.05, 3.63) is 45.1 Å². The van der Waals surface area contributed by atoms with Gasteiger partial charge in [-0.3, -0.25) is 0 Å². The topological polar surface area (TPSA) is 33.7 Å². The maximum Gasteiger partial charge on any atom is 0.161 e. The molecule has 0 amide bonds. The summed E-state index contributed by atoms with van der Waals surface area (Å²) in [5.41, 5.74) is 4.02. The minimum Gasteiger partial charge on any atom is -0.493 e. The minimum atomic E-state index is 0.249. The van der Waals surface area contributed by atoms with Crippen LogP contribution in [0, 0.1) is 6.92 Å². The van der Waals surface area contributed by atoms with Crippen LogP contribution in [0.3, 0.4) is 0 Å². The van der Waals surface area contributed by atoms with Gasteiger partial charge in [0.05, 0.1) is 19.8 Å². The quantitative estimate of drug-likeness (QED) is 0.765. The van der Waals surface area contributed by atoms with Crippen molar-refractivity contribution in [2.24, 2.45) is 0 Å². The first-order chi connectivity index (χ1) is 12.1. The average molecular weight is 361 g/mol. The Morgan fingerprint density at radius 2 is 2.12 bits per heavy atom. The fraction of sp³-hybridized carbons (Fsp3) is 0.500. The van der Waals surface area contributed by atoms with Crippen LogP contribution in [-0.4, -0.2) is 45.8 Å². The molecular formula is C20H28N2O2S. The summed E-state index contributed by atoms with van der Waals surface area (Å²) in [5.74, 6) is 1.69. The van der Waals surface area contributed by atoms with Crippen molar-refractivity contribution in [2.45, 2.75) is 25.8 Å². The molecule has 0 radical (unpaired) electrons. The van der Waals surface area contributed by atoms with Crippen LogP contribution in [0.4, 0.5) is 0 Å². The standard InChI is InChI=1S/C20H28N2O2S/c1-14-7-11-25-20(14)19-16-13-18(24-10-5-9-22(2)3)17(23-4)12-15(16)6-8-21-19/h7,11-13,19,21H,5-6,8-10H2,1-4H3. The summed E-state index contributed by atoms with van der Waals surface area (Å²) in [6.45, 7) is 4.89. The SMILES string of the molecule is COc1cc2c(cc1OCCCN(C)C)C(c1sccc1C)NCC2. The highest BCUT2D eigenvalue weighted by molar-refractivity contribution is 7.10. The van der Waals surface area contributed by atoms with E-state index in [4.69, 9.17) is 9.47 Å². The molecule has 4 nitrogen and oxygen atoms in total. The smallest absolute Gasteiger partial charge is 0.161 e. The molecule has 0 saturated carbocycles. The third-order valence-electron chi connectivity index (χ3n) is 4.65. The van der Waals surface area contributed by atoms with Crippen LogP contribution in [0.5, 0.6) is 11.5 Å². The number of hydrogen-bond acceptors (Lipinski definition) is 5. The third-order valence-corrected chi connectivity index (χ3v) is 5.73. The first kappa shape index (κ1) is 18.2. The monoisotopic (exact) mass is 360 g/mol. The molecule has 1 atom stereocenters. The van der Waals surface area contributed by atoms with E-state index >= 15 is 0 Å². The van der Waals surface area contributed by atoms with E-state index in [1.54, 1.807) is 7.11 Å². The van der Waals surface area contributed by atoms with Crippen LogP contribution < -0.4 is 14.8 Å². The lowest BCUT2D eigenvalue weighted by atomic mass is 9.91. The zero-order valence-electron chi connectivity index (χ0n) is 15.6. The lowest BCUT2D eigenvalue weighted by Crippen LogP contribution is -2.30. The number of nitrogens with zero attached hydrogens (tertiary/aromatic N) is 1. The number of rotatable bonds is 7. The molecule has 1 unspecified atom stereocenters. The largest absolute Gasteiger partial charge is 0.493 e. The van der Waals surface area contributed by atoms with Crippen LogP contribution in [0.15, 0.2) is 23.6 Å². The molecule has 0 bridgehead atoms. The summed E-state index contributed by atoms with van der Waals surface area (Å²) in [4.78, 5) is 3.57. The van der Waals surface area contributed by atoms with Gasteiger partial charge in [-0.15, -0.1) is 11.3 Å². The molecular weight excluding hydrogens is 332 g/mol. The van der Waals surface area contributed by atoms with Crippen molar-refractivity contribution in [3.63, 3.8) is 0 Å². The number of ether oxygens (including phenoxy) is 2. The zero-order valence-corrected chi connectivity index (χ0v) is 16.4. The molecule has 3 rings (SSSR count). The zero-order chi connectivity index (χ0) is 17.8. The molecule has 1 aliphatic rings. The van der Waals surface area contributed by atoms with Crippen molar-refractivity contribution < 1.29 is 9.47 Å². The van der Waals surface area contributed by atoms with Gasteiger partial charge in [-0.25, -0.2) is 0 Å². The number of methoxy groups -OCH3 is 1. The lowest BCUT2D eigenvalue weighted by molar-refractivity contribution is 0.267. The molecule has 2 heterocycles. The van der Waals surface area contributed by atoms with Gasteiger partial charge in [0, 0.05) is 18.0 Å². The van der Waals surface area contributed by atoms with Crippen LogP contribution >= 0.6 is 11.3 Å². The van der Waals surface area contributed by atoms with E-state index in [0.29, 0.717) is 6.61 Å². The molecule has 2 aromatic rings. The molecule has 0 spiro atoms. The van der Waals surface area contributed by atoms with Crippen molar-refractivity contribution in [1.82, 2.24) is 10.2 Å². The number of hydrogen-bond donors (Lipinski definition) is 1. The van der Waals surface area contributed by atoms with Gasteiger partial charge in [-0.05, 0) is 74.1 Å². The maximum atomic E-state index is 6.06. The first-order valence-corrected chi connectivity index (χ1v) is 9.74. The van der Waals surface area contributed by atoms with Gasteiger partial charge in [-0.2, -0.15) is 0 Å². The van der Waals surface area contributed by atoms with Crippen LogP contribution in [0.2, 0.25) is 0 Å². The normalized spacial score (nSPS) is 16.8. The van der Waals surface area contributed by atoms with E-state index in [9.17, 15) is 0 Å². The fourth-order valence-corrected chi connectivity index (χ4v) is 4.33. The van der Waals surface area contributed by atoms with Gasteiger partial charge >= 0.3 is 0 Å². The van der Waals surface area contributed by atoms with E-state index in [2.05, 4.69) is 54.8 Å². The maximum absolute atomic E-state index is 6.06. The second kappa shape index (κ2) is 8.21. The Labute approximate surface area is 154 Å². The third kappa shape index (κ3) is 4.17. The molecule has 0 saturated heterocycles. The van der Waals surface area contributed by atoms with E-state index in [1.807, 2.05) is 11.3 Å². The van der Waals surface area contributed by atoms with Crippen LogP contribution in [-0.2, 0) is 6.42 Å². The van der Waals surface area contributed by atoms with E-state index in [1.165, 1.54) is 21.6 Å². The van der Waals surface area contributed by atoms with Crippen LogP contribution in [0.1, 0.15) is 34.0 Å². The van der Waals surface area contributed by atoms with Gasteiger partial charge in [0.1, 0.15) is 0 Å². The highest BCUT2D eigenvalue weighted by atomic mass is 32.1. The Morgan fingerprint density at radius 1 is 1.28 bits per heavy atom. The van der Waals surface area contributed by atoms with Crippen LogP contribution in [0.25, 0.3) is 0 Å². The van der Waals surface area contributed by atoms with Crippen molar-refractivity contribution in [2.75, 3.05) is 40.9 Å². The second-order valence-corrected chi connectivity index (χ2v) is 7.76. The van der Waals surface area contributed by atoms with Crippen molar-refractivity contribution >= 4 is 11.3 Å².